The molecule has 9 atom stereocenters. The van der Waals surface area contributed by atoms with E-state index in [-0.39, 0.29) is 35.8 Å². The van der Waals surface area contributed by atoms with Crippen molar-refractivity contribution < 1.29 is 41.8 Å². The molecule has 2 bridgehead atoms. The van der Waals surface area contributed by atoms with Crippen molar-refractivity contribution >= 4 is 72.1 Å². The van der Waals surface area contributed by atoms with Crippen molar-refractivity contribution in [2.24, 2.45) is 0 Å². The Kier molecular flexibility index (Phi) is 7.41. The Hall–Kier alpha value is -2.42. The third kappa shape index (κ3) is 5.42. The summed E-state index contributed by atoms with van der Waals surface area (Å²) in [4.78, 5) is 24.7. The van der Waals surface area contributed by atoms with Gasteiger partial charge in [-0.25, -0.2) is 39.0 Å². The molecule has 0 aliphatic carbocycles. The van der Waals surface area contributed by atoms with Crippen molar-refractivity contribution in [1.29, 1.82) is 0 Å². The SMILES string of the molecule is Nc1ncnc2c1ncn2[C@@H]1O[C@@H]2CO[P@@](=O)(S)O[C@H]3C[C@H](n4cnc5c(N)ncnc54)O[C@@H]3CO[P@@](=O)(S)O[C@@H]1[C@@H]2O. The van der Waals surface area contributed by atoms with Gasteiger partial charge in [0.15, 0.2) is 29.2 Å². The molecule has 4 aromatic heterocycles. The highest BCUT2D eigenvalue weighted by Crippen LogP contribution is 2.60. The van der Waals surface area contributed by atoms with Crippen LogP contribution in [0.2, 0.25) is 0 Å². The van der Waals surface area contributed by atoms with Gasteiger partial charge in [0.2, 0.25) is 0 Å². The van der Waals surface area contributed by atoms with Crippen LogP contribution in [0.25, 0.3) is 22.3 Å². The molecule has 0 amide bonds. The minimum atomic E-state index is -4.21. The lowest BCUT2D eigenvalue weighted by Crippen LogP contribution is -2.35. The van der Waals surface area contributed by atoms with Gasteiger partial charge in [0, 0.05) is 6.42 Å². The van der Waals surface area contributed by atoms with Crippen molar-refractivity contribution in [2.45, 2.75) is 49.4 Å². The molecule has 0 aromatic carbocycles. The second-order valence-corrected chi connectivity index (χ2v) is 15.6. The average Bonchev–Trinajstić information content (AvgIpc) is 3.72. The summed E-state index contributed by atoms with van der Waals surface area (Å²) in [5.74, 6) is 0.296. The van der Waals surface area contributed by atoms with E-state index in [0.717, 1.165) is 0 Å². The van der Waals surface area contributed by atoms with Crippen LogP contribution in [-0.4, -0.2) is 87.9 Å². The Bertz CT molecular complexity index is 1800. The summed E-state index contributed by atoms with van der Waals surface area (Å²) < 4.78 is 64.7. The molecule has 4 aromatic rings. The van der Waals surface area contributed by atoms with Gasteiger partial charge >= 0.3 is 13.6 Å². The highest BCUT2D eigenvalue weighted by atomic mass is 32.7. The standard InChI is InChI=1S/C20H24N10O9P2S2/c21-16-12-18(25-4-23-16)29(6-27-12)11-1-8-9(36-11)2-34-41(33,43)39-15-14(31)10(3-35-40(32,42)38-8)37-20(15)30-7-28-13-17(22)24-5-26-19(13)30/h4-11,14-15,20,31H,1-3H2,(H,32,42)(H,33,43)(H2,21,23,25)(H2,22,24,26)/t8-,9+,10+,11+,14+,15+,20+,40+,41+/m0/s1. The zero-order valence-electron chi connectivity index (χ0n) is 21.7. The molecule has 0 saturated carbocycles. The number of hydrogen-bond donors (Lipinski definition) is 5. The van der Waals surface area contributed by atoms with Gasteiger partial charge in [-0.15, -0.1) is 0 Å². The summed E-state index contributed by atoms with van der Waals surface area (Å²) in [5, 5.41) is 11.1. The molecule has 19 nitrogen and oxygen atoms in total. The van der Waals surface area contributed by atoms with Crippen LogP contribution in [0.1, 0.15) is 18.9 Å². The summed E-state index contributed by atoms with van der Waals surface area (Å²) in [7, 11) is 0. The fourth-order valence-corrected chi connectivity index (χ4v) is 8.17. The lowest BCUT2D eigenvalue weighted by molar-refractivity contribution is -0.0565. The fraction of sp³-hybridized carbons (Fsp3) is 0.500. The van der Waals surface area contributed by atoms with Gasteiger partial charge in [-0.1, -0.05) is 24.5 Å². The number of thiol groups is 2. The lowest BCUT2D eigenvalue weighted by Gasteiger charge is -2.26. The van der Waals surface area contributed by atoms with E-state index in [0.29, 0.717) is 11.2 Å². The first-order valence-electron chi connectivity index (χ1n) is 12.7. The van der Waals surface area contributed by atoms with Gasteiger partial charge in [0.25, 0.3) is 0 Å². The number of aliphatic hydroxyl groups excluding tert-OH is 1. The van der Waals surface area contributed by atoms with E-state index in [2.05, 4.69) is 54.4 Å². The van der Waals surface area contributed by atoms with Crippen molar-refractivity contribution in [3.8, 4) is 0 Å². The Morgan fingerprint density at radius 3 is 2.05 bits per heavy atom. The van der Waals surface area contributed by atoms with Gasteiger partial charge in [-0.2, -0.15) is 0 Å². The predicted molar refractivity (Wildman–Crippen MR) is 153 cm³/mol. The molecule has 3 fully saturated rings. The number of rotatable bonds is 2. The topological polar surface area (TPSA) is 249 Å². The molecule has 0 spiro atoms. The first-order chi connectivity index (χ1) is 20.5. The summed E-state index contributed by atoms with van der Waals surface area (Å²) in [6.45, 7) is -9.12. The minimum Gasteiger partial charge on any atom is -0.387 e. The van der Waals surface area contributed by atoms with Gasteiger partial charge < -0.3 is 26.0 Å². The number of aromatic nitrogens is 8. The van der Waals surface area contributed by atoms with E-state index in [1.54, 1.807) is 4.57 Å². The fourth-order valence-electron chi connectivity index (χ4n) is 5.18. The molecule has 3 aliphatic rings. The summed E-state index contributed by atoms with van der Waals surface area (Å²) >= 11 is 8.28. The minimum absolute atomic E-state index is 0.113. The van der Waals surface area contributed by atoms with Crippen LogP contribution in [0.15, 0.2) is 25.3 Å². The van der Waals surface area contributed by atoms with E-state index < -0.39 is 63.2 Å². The maximum atomic E-state index is 13.5. The number of imidazole rings is 2. The van der Waals surface area contributed by atoms with Crippen LogP contribution in [0.4, 0.5) is 11.6 Å². The number of anilines is 2. The number of nitrogen functional groups attached to an aromatic ring is 2. The molecule has 5 N–H and O–H groups in total. The third-order valence-electron chi connectivity index (χ3n) is 7.18. The maximum absolute atomic E-state index is 13.5. The van der Waals surface area contributed by atoms with Crippen molar-refractivity contribution in [3.63, 3.8) is 0 Å². The van der Waals surface area contributed by atoms with Gasteiger partial charge in [-0.05, 0) is 0 Å². The highest BCUT2D eigenvalue weighted by Gasteiger charge is 2.51. The smallest absolute Gasteiger partial charge is 0.386 e. The highest BCUT2D eigenvalue weighted by molar-refractivity contribution is 8.44. The van der Waals surface area contributed by atoms with Crippen LogP contribution in [0, 0.1) is 0 Å². The molecule has 43 heavy (non-hydrogen) atoms. The van der Waals surface area contributed by atoms with Gasteiger partial charge in [-0.3, -0.25) is 27.2 Å². The van der Waals surface area contributed by atoms with Crippen LogP contribution in [0.5, 0.6) is 0 Å². The normalized spacial score (nSPS) is 37.1. The molecule has 7 rings (SSSR count). The average molecular weight is 675 g/mol. The maximum Gasteiger partial charge on any atom is 0.386 e. The number of fused-ring (bicyclic) bond motifs is 5. The summed E-state index contributed by atoms with van der Waals surface area (Å²) in [5.41, 5.74) is 13.1. The molecule has 3 aliphatic heterocycles. The van der Waals surface area contributed by atoms with Gasteiger partial charge in [0.05, 0.1) is 25.9 Å². The second-order valence-electron chi connectivity index (χ2n) is 9.83. The molecule has 3 saturated heterocycles. The van der Waals surface area contributed by atoms with Gasteiger partial charge in [0.1, 0.15) is 60.4 Å². The Morgan fingerprint density at radius 1 is 0.791 bits per heavy atom. The quantitative estimate of drug-likeness (QED) is 0.148. The molecule has 7 heterocycles. The second kappa shape index (κ2) is 10.9. The largest absolute Gasteiger partial charge is 0.387 e. The first-order valence-corrected chi connectivity index (χ1v) is 18.1. The third-order valence-corrected chi connectivity index (χ3v) is 10.4. The van der Waals surface area contributed by atoms with E-state index in [1.165, 1.54) is 29.9 Å². The monoisotopic (exact) mass is 674 g/mol. The van der Waals surface area contributed by atoms with E-state index in [4.69, 9.17) is 39.0 Å². The van der Waals surface area contributed by atoms with Crippen LogP contribution < -0.4 is 11.5 Å². The molecular weight excluding hydrogens is 650 g/mol. The molecule has 230 valence electrons. The Balaban J connectivity index is 1.18. The van der Waals surface area contributed by atoms with Crippen molar-refractivity contribution in [1.82, 2.24) is 39.0 Å². The number of nitrogens with zero attached hydrogens (tertiary/aromatic N) is 8. The predicted octanol–water partition coefficient (Wildman–Crippen LogP) is 1.27. The number of nitrogens with two attached hydrogens (primary N) is 2. The van der Waals surface area contributed by atoms with Crippen LogP contribution in [0.3, 0.4) is 0 Å². The summed E-state index contributed by atoms with van der Waals surface area (Å²) in [6, 6.07) is 0. The number of ether oxygens (including phenoxy) is 2. The molecule has 0 unspecified atom stereocenters. The number of hydrogen-bond acceptors (Lipinski definition) is 17. The Labute approximate surface area is 252 Å². The van der Waals surface area contributed by atoms with E-state index >= 15 is 0 Å². The zero-order chi connectivity index (χ0) is 30.1. The molecule has 23 heteroatoms. The van der Waals surface area contributed by atoms with Crippen LogP contribution >= 0.6 is 38.1 Å². The number of aliphatic hydroxyl groups is 1. The van der Waals surface area contributed by atoms with Crippen molar-refractivity contribution in [3.05, 3.63) is 25.3 Å². The molecular formula is C20H24N10O9P2S2. The lowest BCUT2D eigenvalue weighted by atomic mass is 10.1. The van der Waals surface area contributed by atoms with Crippen molar-refractivity contribution in [2.75, 3.05) is 24.7 Å². The Morgan fingerprint density at radius 2 is 1.37 bits per heavy atom. The molecule has 0 radical (unpaired) electrons. The zero-order valence-corrected chi connectivity index (χ0v) is 25.3. The summed E-state index contributed by atoms with van der Waals surface area (Å²) in [6.07, 6.45) is -2.21. The van der Waals surface area contributed by atoms with Crippen LogP contribution in [-0.2, 0) is 36.7 Å². The van der Waals surface area contributed by atoms with E-state index in [1.807, 2.05) is 0 Å². The van der Waals surface area contributed by atoms with E-state index in [9.17, 15) is 14.2 Å². The first kappa shape index (κ1) is 29.3.